The van der Waals surface area contributed by atoms with Gasteiger partial charge in [-0.2, -0.15) is 0 Å². The lowest BCUT2D eigenvalue weighted by molar-refractivity contribution is -0.138. The van der Waals surface area contributed by atoms with Crippen molar-refractivity contribution in [2.24, 2.45) is 23.7 Å². The molecular formula is C15H22N2O. The van der Waals surface area contributed by atoms with Gasteiger partial charge in [-0.25, -0.2) is 6.57 Å². The van der Waals surface area contributed by atoms with Gasteiger partial charge in [0.25, 0.3) is 0 Å². The highest BCUT2D eigenvalue weighted by atomic mass is 16.2. The van der Waals surface area contributed by atoms with Crippen LogP contribution in [-0.2, 0) is 4.79 Å². The Morgan fingerprint density at radius 1 is 1.33 bits per heavy atom. The van der Waals surface area contributed by atoms with E-state index in [1.807, 2.05) is 4.90 Å². The van der Waals surface area contributed by atoms with Crippen LogP contribution in [0.5, 0.6) is 0 Å². The standard InChI is InChI=1S/C15H22N2O/c1-10(11-6-4-3-5-7-11)15(18)17-9-12-8-13(12)14(17)16-2/h10-14H,3-9H2,1H3/t10-,12+,13+,14?/m0/s1. The molecule has 0 N–H and O–H groups in total. The van der Waals surface area contributed by atoms with E-state index in [1.54, 1.807) is 0 Å². The summed E-state index contributed by atoms with van der Waals surface area (Å²) in [7, 11) is 0. The summed E-state index contributed by atoms with van der Waals surface area (Å²) in [5.41, 5.74) is 0. The zero-order valence-electron chi connectivity index (χ0n) is 11.1. The van der Waals surface area contributed by atoms with Crippen LogP contribution in [0.25, 0.3) is 4.85 Å². The van der Waals surface area contributed by atoms with Gasteiger partial charge < -0.3 is 0 Å². The summed E-state index contributed by atoms with van der Waals surface area (Å²) in [5, 5.41) is 0. The van der Waals surface area contributed by atoms with Crippen molar-refractivity contribution < 1.29 is 4.79 Å². The highest BCUT2D eigenvalue weighted by Gasteiger charge is 2.59. The van der Waals surface area contributed by atoms with E-state index in [0.29, 0.717) is 17.8 Å². The monoisotopic (exact) mass is 246 g/mol. The Morgan fingerprint density at radius 2 is 2.06 bits per heavy atom. The summed E-state index contributed by atoms with van der Waals surface area (Å²) >= 11 is 0. The molecule has 3 heteroatoms. The first-order valence-corrected chi connectivity index (χ1v) is 7.39. The maximum atomic E-state index is 12.6. The SMILES string of the molecule is [C-]#[N+]C1[C@@H]2C[C@@H]2CN1C(=O)[C@@H](C)C1CCCCC1. The second kappa shape index (κ2) is 4.57. The molecule has 1 saturated heterocycles. The van der Waals surface area contributed by atoms with Gasteiger partial charge in [0, 0.05) is 12.5 Å². The van der Waals surface area contributed by atoms with E-state index in [0.717, 1.165) is 6.54 Å². The molecule has 1 unspecified atom stereocenters. The largest absolute Gasteiger partial charge is 0.303 e. The summed E-state index contributed by atoms with van der Waals surface area (Å²) in [6.45, 7) is 10.2. The van der Waals surface area contributed by atoms with Crippen LogP contribution < -0.4 is 0 Å². The molecule has 0 aromatic rings. The molecule has 1 aliphatic heterocycles. The zero-order valence-corrected chi connectivity index (χ0v) is 11.1. The van der Waals surface area contributed by atoms with Gasteiger partial charge in [-0.15, -0.1) is 0 Å². The van der Waals surface area contributed by atoms with Crippen molar-refractivity contribution in [2.75, 3.05) is 6.54 Å². The lowest BCUT2D eigenvalue weighted by atomic mass is 9.80. The van der Waals surface area contributed by atoms with Crippen LogP contribution in [0, 0.1) is 30.2 Å². The Hall–Kier alpha value is -1.04. The minimum Gasteiger partial charge on any atom is -0.289 e. The summed E-state index contributed by atoms with van der Waals surface area (Å²) < 4.78 is 0. The molecule has 0 radical (unpaired) electrons. The molecular weight excluding hydrogens is 224 g/mol. The number of amides is 1. The van der Waals surface area contributed by atoms with Crippen LogP contribution in [0.2, 0.25) is 0 Å². The molecule has 1 heterocycles. The quantitative estimate of drug-likeness (QED) is 0.688. The molecule has 98 valence electrons. The summed E-state index contributed by atoms with van der Waals surface area (Å²) in [5.74, 6) is 2.10. The summed E-state index contributed by atoms with van der Waals surface area (Å²) in [6, 6.07) is 0. The lowest BCUT2D eigenvalue weighted by Crippen LogP contribution is -2.42. The molecule has 0 aromatic carbocycles. The minimum absolute atomic E-state index is 0.131. The predicted octanol–water partition coefficient (Wildman–Crippen LogP) is 2.93. The predicted molar refractivity (Wildman–Crippen MR) is 69.4 cm³/mol. The number of hydrogen-bond donors (Lipinski definition) is 0. The summed E-state index contributed by atoms with van der Waals surface area (Å²) in [6.07, 6.45) is 7.34. The summed E-state index contributed by atoms with van der Waals surface area (Å²) in [4.78, 5) is 18.2. The van der Waals surface area contributed by atoms with Crippen LogP contribution in [0.15, 0.2) is 0 Å². The first-order valence-electron chi connectivity index (χ1n) is 7.39. The van der Waals surface area contributed by atoms with Crippen molar-refractivity contribution >= 4 is 5.91 Å². The van der Waals surface area contributed by atoms with E-state index in [4.69, 9.17) is 6.57 Å². The van der Waals surface area contributed by atoms with Gasteiger partial charge in [-0.05, 0) is 31.1 Å². The van der Waals surface area contributed by atoms with E-state index < -0.39 is 0 Å². The molecule has 3 fully saturated rings. The van der Waals surface area contributed by atoms with E-state index in [-0.39, 0.29) is 18.0 Å². The van der Waals surface area contributed by atoms with Gasteiger partial charge in [-0.3, -0.25) is 14.5 Å². The number of nitrogens with zero attached hydrogens (tertiary/aromatic N) is 2. The van der Waals surface area contributed by atoms with Gasteiger partial charge in [-0.1, -0.05) is 26.2 Å². The molecule has 3 rings (SSSR count). The first-order chi connectivity index (χ1) is 8.72. The molecule has 2 aliphatic carbocycles. The average molecular weight is 246 g/mol. The molecule has 0 spiro atoms. The second-order valence-corrected chi connectivity index (χ2v) is 6.38. The third-order valence-electron chi connectivity index (χ3n) is 5.27. The Balaban J connectivity index is 1.65. The molecule has 18 heavy (non-hydrogen) atoms. The topological polar surface area (TPSA) is 24.7 Å². The van der Waals surface area contributed by atoms with Crippen molar-refractivity contribution in [1.82, 2.24) is 4.90 Å². The van der Waals surface area contributed by atoms with E-state index in [1.165, 1.54) is 38.5 Å². The van der Waals surface area contributed by atoms with Crippen molar-refractivity contribution in [1.29, 1.82) is 0 Å². The van der Waals surface area contributed by atoms with Crippen molar-refractivity contribution in [3.05, 3.63) is 11.4 Å². The Morgan fingerprint density at radius 3 is 2.72 bits per heavy atom. The van der Waals surface area contributed by atoms with Crippen molar-refractivity contribution in [3.63, 3.8) is 0 Å². The lowest BCUT2D eigenvalue weighted by Gasteiger charge is -2.30. The fraction of sp³-hybridized carbons (Fsp3) is 0.867. The number of carbonyl (C=O) groups excluding carboxylic acids is 1. The van der Waals surface area contributed by atoms with Crippen LogP contribution in [0.4, 0.5) is 0 Å². The smallest absolute Gasteiger partial charge is 0.289 e. The number of hydrogen-bond acceptors (Lipinski definition) is 1. The number of rotatable bonds is 2. The van der Waals surface area contributed by atoms with Crippen molar-refractivity contribution in [2.45, 2.75) is 51.6 Å². The molecule has 1 amide bonds. The van der Waals surface area contributed by atoms with Crippen LogP contribution >= 0.6 is 0 Å². The molecule has 3 nitrogen and oxygen atoms in total. The first kappa shape index (κ1) is 12.0. The normalized spacial score (nSPS) is 36.9. The van der Waals surface area contributed by atoms with E-state index in [2.05, 4.69) is 11.8 Å². The maximum Gasteiger partial charge on any atom is 0.303 e. The van der Waals surface area contributed by atoms with Gasteiger partial charge in [0.15, 0.2) is 0 Å². The second-order valence-electron chi connectivity index (χ2n) is 6.38. The van der Waals surface area contributed by atoms with Gasteiger partial charge in [0.1, 0.15) is 0 Å². The minimum atomic E-state index is -0.131. The van der Waals surface area contributed by atoms with Crippen LogP contribution in [0.3, 0.4) is 0 Å². The van der Waals surface area contributed by atoms with Crippen molar-refractivity contribution in [3.8, 4) is 0 Å². The number of piperidine rings is 1. The van der Waals surface area contributed by atoms with E-state index >= 15 is 0 Å². The molecule has 4 atom stereocenters. The maximum absolute atomic E-state index is 12.6. The zero-order chi connectivity index (χ0) is 12.7. The van der Waals surface area contributed by atoms with E-state index in [9.17, 15) is 4.79 Å². The Bertz CT molecular complexity index is 380. The van der Waals surface area contributed by atoms with Gasteiger partial charge >= 0.3 is 6.17 Å². The van der Waals surface area contributed by atoms with Crippen LogP contribution in [-0.4, -0.2) is 23.5 Å². The molecule has 0 aromatic heterocycles. The molecule has 3 aliphatic rings. The highest BCUT2D eigenvalue weighted by molar-refractivity contribution is 5.80. The Labute approximate surface area is 109 Å². The molecule has 0 bridgehead atoms. The molecule has 2 saturated carbocycles. The third-order valence-corrected chi connectivity index (χ3v) is 5.27. The highest BCUT2D eigenvalue weighted by Crippen LogP contribution is 2.50. The third kappa shape index (κ3) is 1.92. The van der Waals surface area contributed by atoms with Crippen LogP contribution in [0.1, 0.15) is 45.4 Å². The number of carbonyl (C=O) groups is 1. The van der Waals surface area contributed by atoms with Gasteiger partial charge in [0.2, 0.25) is 5.91 Å². The number of fused-ring (bicyclic) bond motifs is 1. The van der Waals surface area contributed by atoms with Gasteiger partial charge in [0.05, 0.1) is 5.92 Å². The fourth-order valence-electron chi connectivity index (χ4n) is 3.92. The fourth-order valence-corrected chi connectivity index (χ4v) is 3.92. The average Bonchev–Trinajstić information content (AvgIpc) is 3.09. The number of likely N-dealkylation sites (tertiary alicyclic amines) is 1. The Kier molecular flexibility index (Phi) is 3.05.